The quantitative estimate of drug-likeness (QED) is 0.663. The van der Waals surface area contributed by atoms with Crippen LogP contribution < -0.4 is 10.4 Å². The molecule has 0 radical (unpaired) electrons. The lowest BCUT2D eigenvalue weighted by atomic mass is 9.75. The van der Waals surface area contributed by atoms with Crippen LogP contribution in [0.1, 0.15) is 11.1 Å². The van der Waals surface area contributed by atoms with E-state index >= 15 is 0 Å². The topological polar surface area (TPSA) is 13.1 Å². The first-order valence-corrected chi connectivity index (χ1v) is 6.23. The summed E-state index contributed by atoms with van der Waals surface area (Å²) in [5.74, 6) is 1.30. The summed E-state index contributed by atoms with van der Waals surface area (Å²) >= 11 is 0. The Labute approximate surface area is 100 Å². The van der Waals surface area contributed by atoms with Crippen molar-refractivity contribution in [1.29, 1.82) is 0 Å². The smallest absolute Gasteiger partial charge is 0.0937 e. The van der Waals surface area contributed by atoms with Crippen LogP contribution in [0.3, 0.4) is 0 Å². The highest BCUT2D eigenvalue weighted by Gasteiger charge is 2.27. The van der Waals surface area contributed by atoms with Crippen molar-refractivity contribution in [3.05, 3.63) is 58.4 Å². The van der Waals surface area contributed by atoms with Gasteiger partial charge in [0.25, 0.3) is 0 Å². The zero-order chi connectivity index (χ0) is 11.2. The summed E-state index contributed by atoms with van der Waals surface area (Å²) < 4.78 is 5.32. The van der Waals surface area contributed by atoms with Crippen molar-refractivity contribution in [2.75, 3.05) is 0 Å². The van der Waals surface area contributed by atoms with Crippen LogP contribution in [-0.2, 0) is 12.8 Å². The molecule has 84 valence electrons. The summed E-state index contributed by atoms with van der Waals surface area (Å²) in [6, 6.07) is 8.67. The van der Waals surface area contributed by atoms with Gasteiger partial charge in [-0.2, -0.15) is 0 Å². The van der Waals surface area contributed by atoms with Gasteiger partial charge in [-0.25, -0.2) is 0 Å². The zero-order valence-corrected chi connectivity index (χ0v) is 9.60. The maximum Gasteiger partial charge on any atom is 0.0937 e. The van der Waals surface area contributed by atoms with Crippen molar-refractivity contribution in [3.63, 3.8) is 0 Å². The fraction of sp³-hybridized carbons (Fsp3) is 0.250. The molecule has 0 bridgehead atoms. The Morgan fingerprint density at radius 3 is 1.88 bits per heavy atom. The molecule has 1 aromatic carbocycles. The molecule has 0 spiro atoms. The molecule has 2 aliphatic rings. The molecule has 0 saturated carbocycles. The summed E-state index contributed by atoms with van der Waals surface area (Å²) in [5, 5.41) is 2.78. The molecule has 2 aliphatic carbocycles. The summed E-state index contributed by atoms with van der Waals surface area (Å²) in [4.78, 5) is 0. The average Bonchev–Trinajstić information content (AvgIpc) is 2.80. The van der Waals surface area contributed by atoms with Gasteiger partial charge in [0.15, 0.2) is 0 Å². The van der Waals surface area contributed by atoms with E-state index in [1.165, 1.54) is 21.6 Å². The molecule has 0 amide bonds. The van der Waals surface area contributed by atoms with Gasteiger partial charge in [-0.1, -0.05) is 36.4 Å². The summed E-state index contributed by atoms with van der Waals surface area (Å²) in [6.07, 6.45) is 11.0. The molecule has 17 heavy (non-hydrogen) atoms. The van der Waals surface area contributed by atoms with Crippen molar-refractivity contribution in [2.45, 2.75) is 12.8 Å². The third-order valence-electron chi connectivity index (χ3n) is 4.08. The molecule has 0 aliphatic heterocycles. The Balaban J connectivity index is 1.86. The van der Waals surface area contributed by atoms with Crippen molar-refractivity contribution < 1.29 is 4.42 Å². The van der Waals surface area contributed by atoms with E-state index in [0.29, 0.717) is 11.8 Å². The van der Waals surface area contributed by atoms with Gasteiger partial charge in [-0.15, -0.1) is 0 Å². The second-order valence-electron chi connectivity index (χ2n) is 5.12. The molecule has 2 unspecified atom stereocenters. The Morgan fingerprint density at radius 1 is 0.824 bits per heavy atom. The van der Waals surface area contributed by atoms with Gasteiger partial charge in [0.2, 0.25) is 0 Å². The molecule has 2 atom stereocenters. The average molecular weight is 222 g/mol. The molecule has 1 nitrogen and oxygen atoms in total. The lowest BCUT2D eigenvalue weighted by Gasteiger charge is -2.29. The lowest BCUT2D eigenvalue weighted by molar-refractivity contribution is 0.483. The van der Waals surface area contributed by atoms with Crippen molar-refractivity contribution in [1.82, 2.24) is 0 Å². The molecular formula is C16H14O. The van der Waals surface area contributed by atoms with Gasteiger partial charge in [0.05, 0.1) is 12.5 Å². The van der Waals surface area contributed by atoms with E-state index in [1.807, 2.05) is 12.5 Å². The minimum atomic E-state index is 0.648. The van der Waals surface area contributed by atoms with Crippen LogP contribution in [0, 0.1) is 11.8 Å². The van der Waals surface area contributed by atoms with Gasteiger partial charge >= 0.3 is 0 Å². The number of hydrogen-bond donors (Lipinski definition) is 0. The maximum atomic E-state index is 5.32. The lowest BCUT2D eigenvalue weighted by Crippen LogP contribution is -2.35. The van der Waals surface area contributed by atoms with E-state index < -0.39 is 0 Å². The molecule has 1 heterocycles. The number of rotatable bonds is 0. The van der Waals surface area contributed by atoms with Gasteiger partial charge in [-0.05, 0) is 46.2 Å². The molecule has 0 N–H and O–H groups in total. The molecule has 4 rings (SSSR count). The second-order valence-corrected chi connectivity index (χ2v) is 5.12. The molecular weight excluding hydrogens is 208 g/mol. The Morgan fingerprint density at radius 2 is 1.35 bits per heavy atom. The molecule has 0 saturated heterocycles. The minimum Gasteiger partial charge on any atom is -0.472 e. The molecule has 1 heteroatoms. The molecule has 1 aromatic heterocycles. The Kier molecular flexibility index (Phi) is 1.84. The van der Waals surface area contributed by atoms with Gasteiger partial charge in [0.1, 0.15) is 0 Å². The van der Waals surface area contributed by atoms with Crippen molar-refractivity contribution in [2.24, 2.45) is 11.8 Å². The highest BCUT2D eigenvalue weighted by Crippen LogP contribution is 2.33. The molecule has 0 fully saturated rings. The fourth-order valence-electron chi connectivity index (χ4n) is 3.16. The first kappa shape index (κ1) is 9.29. The highest BCUT2D eigenvalue weighted by molar-refractivity contribution is 5.47. The zero-order valence-electron chi connectivity index (χ0n) is 9.60. The minimum absolute atomic E-state index is 0.648. The van der Waals surface area contributed by atoms with Gasteiger partial charge < -0.3 is 4.42 Å². The second kappa shape index (κ2) is 3.36. The normalized spacial score (nSPS) is 24.9. The van der Waals surface area contributed by atoms with E-state index in [-0.39, 0.29) is 0 Å². The van der Waals surface area contributed by atoms with E-state index in [0.717, 1.165) is 12.8 Å². The van der Waals surface area contributed by atoms with Crippen LogP contribution in [-0.4, -0.2) is 0 Å². The molecule has 2 aromatic rings. The highest BCUT2D eigenvalue weighted by atomic mass is 16.3. The Bertz CT molecular complexity index is 620. The van der Waals surface area contributed by atoms with Crippen LogP contribution in [0.2, 0.25) is 0 Å². The summed E-state index contributed by atoms with van der Waals surface area (Å²) in [7, 11) is 0. The van der Waals surface area contributed by atoms with E-state index in [1.54, 1.807) is 0 Å². The SMILES string of the molecule is C1=c2ccccc2=CC2Cc3cocc3CC12. The van der Waals surface area contributed by atoms with Crippen LogP contribution in [0.4, 0.5) is 0 Å². The van der Waals surface area contributed by atoms with Crippen LogP contribution in [0.15, 0.2) is 41.2 Å². The van der Waals surface area contributed by atoms with Gasteiger partial charge in [0, 0.05) is 0 Å². The number of fused-ring (bicyclic) bond motifs is 3. The summed E-state index contributed by atoms with van der Waals surface area (Å²) in [6.45, 7) is 0. The first-order valence-electron chi connectivity index (χ1n) is 6.23. The van der Waals surface area contributed by atoms with Gasteiger partial charge in [-0.3, -0.25) is 0 Å². The maximum absolute atomic E-state index is 5.32. The predicted molar refractivity (Wildman–Crippen MR) is 67.7 cm³/mol. The monoisotopic (exact) mass is 222 g/mol. The van der Waals surface area contributed by atoms with E-state index in [9.17, 15) is 0 Å². The van der Waals surface area contributed by atoms with Crippen molar-refractivity contribution in [3.8, 4) is 0 Å². The standard InChI is InChI=1S/C16H14O/c1-2-4-12-6-14-8-16-10-17-9-15(16)7-13(14)5-11(12)3-1/h1-6,9-10,13-14H,7-8H2. The third kappa shape index (κ3) is 1.39. The van der Waals surface area contributed by atoms with E-state index in [2.05, 4.69) is 36.4 Å². The van der Waals surface area contributed by atoms with Crippen LogP contribution in [0.25, 0.3) is 12.2 Å². The Hall–Kier alpha value is -1.76. The first-order chi connectivity index (χ1) is 8.40. The predicted octanol–water partition coefficient (Wildman–Crippen LogP) is 1.89. The van der Waals surface area contributed by atoms with Crippen LogP contribution >= 0.6 is 0 Å². The number of hydrogen-bond acceptors (Lipinski definition) is 1. The van der Waals surface area contributed by atoms with Crippen LogP contribution in [0.5, 0.6) is 0 Å². The number of benzene rings is 1. The van der Waals surface area contributed by atoms with E-state index in [4.69, 9.17) is 4.42 Å². The summed E-state index contributed by atoms with van der Waals surface area (Å²) in [5.41, 5.74) is 2.80. The fourth-order valence-corrected chi connectivity index (χ4v) is 3.16. The van der Waals surface area contributed by atoms with Crippen molar-refractivity contribution >= 4 is 12.2 Å². The largest absolute Gasteiger partial charge is 0.472 e. The third-order valence-corrected chi connectivity index (χ3v) is 4.08. The number of furan rings is 1.